The first-order valence-electron chi connectivity index (χ1n) is 5.85. The zero-order valence-corrected chi connectivity index (χ0v) is 14.3. The minimum Gasteiger partial charge on any atom is -0.457 e. The van der Waals surface area contributed by atoms with Crippen molar-refractivity contribution in [3.63, 3.8) is 0 Å². The van der Waals surface area contributed by atoms with Crippen LogP contribution in [0.1, 0.15) is 5.56 Å². The van der Waals surface area contributed by atoms with Gasteiger partial charge in [-0.3, -0.25) is 0 Å². The fourth-order valence-corrected chi connectivity index (χ4v) is 3.20. The van der Waals surface area contributed by atoms with E-state index in [0.29, 0.717) is 21.5 Å². The lowest BCUT2D eigenvalue weighted by Crippen LogP contribution is -2.09. The normalized spacial score (nSPS) is 11.1. The molecule has 0 heterocycles. The second-order valence-electron chi connectivity index (χ2n) is 4.35. The van der Waals surface area contributed by atoms with Crippen LogP contribution < -0.4 is 10.5 Å². The number of thiocarbonyl (C=S) groups is 1. The Balaban J connectivity index is 2.31. The van der Waals surface area contributed by atoms with Crippen molar-refractivity contribution < 1.29 is 13.2 Å². The van der Waals surface area contributed by atoms with Crippen LogP contribution in [-0.4, -0.2) is 19.7 Å². The molecule has 0 aromatic heterocycles. The molecule has 21 heavy (non-hydrogen) atoms. The first kappa shape index (κ1) is 15.9. The average molecular weight is 386 g/mol. The highest BCUT2D eigenvalue weighted by Gasteiger charge is 2.09. The van der Waals surface area contributed by atoms with Crippen molar-refractivity contribution in [2.24, 2.45) is 5.73 Å². The average Bonchev–Trinajstić information content (AvgIpc) is 2.37. The highest BCUT2D eigenvalue weighted by molar-refractivity contribution is 9.10. The van der Waals surface area contributed by atoms with E-state index in [1.54, 1.807) is 30.3 Å². The Labute approximate surface area is 137 Å². The van der Waals surface area contributed by atoms with E-state index in [-0.39, 0.29) is 9.88 Å². The molecule has 7 heteroatoms. The molecular weight excluding hydrogens is 374 g/mol. The smallest absolute Gasteiger partial charge is 0.175 e. The lowest BCUT2D eigenvalue weighted by atomic mass is 10.2. The summed E-state index contributed by atoms with van der Waals surface area (Å²) in [5, 5.41) is 0. The van der Waals surface area contributed by atoms with Crippen LogP contribution in [0, 0.1) is 0 Å². The number of hydrogen-bond acceptors (Lipinski definition) is 4. The maximum atomic E-state index is 11.5. The topological polar surface area (TPSA) is 69.4 Å². The van der Waals surface area contributed by atoms with Crippen molar-refractivity contribution in [1.29, 1.82) is 0 Å². The largest absolute Gasteiger partial charge is 0.457 e. The van der Waals surface area contributed by atoms with Gasteiger partial charge in [-0.15, -0.1) is 0 Å². The zero-order valence-electron chi connectivity index (χ0n) is 11.0. The highest BCUT2D eigenvalue weighted by atomic mass is 79.9. The highest BCUT2D eigenvalue weighted by Crippen LogP contribution is 2.28. The molecule has 0 unspecified atom stereocenters. The Morgan fingerprint density at radius 2 is 1.86 bits per heavy atom. The van der Waals surface area contributed by atoms with Crippen LogP contribution in [0.5, 0.6) is 11.5 Å². The molecule has 0 amide bonds. The summed E-state index contributed by atoms with van der Waals surface area (Å²) in [6.45, 7) is 0. The molecule has 110 valence electrons. The van der Waals surface area contributed by atoms with Crippen LogP contribution in [0.2, 0.25) is 0 Å². The first-order chi connectivity index (χ1) is 9.77. The standard InChI is InChI=1S/C14H12BrNO3S2/c1-21(17,18)11-4-2-3-9(7-11)19-10-5-6-12(14(16)20)13(15)8-10/h2-8H,1H3,(H2,16,20). The van der Waals surface area contributed by atoms with Gasteiger partial charge in [-0.2, -0.15) is 0 Å². The molecule has 0 aliphatic carbocycles. The van der Waals surface area contributed by atoms with E-state index in [2.05, 4.69) is 15.9 Å². The molecule has 0 saturated carbocycles. The lowest BCUT2D eigenvalue weighted by Gasteiger charge is -2.09. The van der Waals surface area contributed by atoms with Gasteiger partial charge >= 0.3 is 0 Å². The maximum Gasteiger partial charge on any atom is 0.175 e. The molecule has 0 aliphatic rings. The van der Waals surface area contributed by atoms with Gasteiger partial charge in [0, 0.05) is 16.3 Å². The number of ether oxygens (including phenoxy) is 1. The number of nitrogens with two attached hydrogens (primary N) is 1. The van der Waals surface area contributed by atoms with Crippen molar-refractivity contribution in [1.82, 2.24) is 0 Å². The fourth-order valence-electron chi connectivity index (χ4n) is 1.66. The summed E-state index contributed by atoms with van der Waals surface area (Å²) in [5.41, 5.74) is 6.29. The van der Waals surface area contributed by atoms with Crippen LogP contribution in [0.3, 0.4) is 0 Å². The van der Waals surface area contributed by atoms with E-state index in [1.807, 2.05) is 0 Å². The van der Waals surface area contributed by atoms with E-state index in [0.717, 1.165) is 6.26 Å². The van der Waals surface area contributed by atoms with Crippen molar-refractivity contribution in [3.05, 3.63) is 52.5 Å². The van der Waals surface area contributed by atoms with E-state index in [1.165, 1.54) is 12.1 Å². The van der Waals surface area contributed by atoms with Crippen molar-refractivity contribution in [2.75, 3.05) is 6.26 Å². The third-order valence-corrected chi connectivity index (χ3v) is 4.66. The molecule has 0 spiro atoms. The number of halogens is 1. The zero-order chi connectivity index (χ0) is 15.6. The monoisotopic (exact) mass is 385 g/mol. The summed E-state index contributed by atoms with van der Waals surface area (Å²) < 4.78 is 29.4. The molecule has 4 nitrogen and oxygen atoms in total. The Morgan fingerprint density at radius 3 is 2.43 bits per heavy atom. The molecular formula is C14H12BrNO3S2. The molecule has 2 aromatic rings. The molecule has 0 saturated heterocycles. The first-order valence-corrected chi connectivity index (χ1v) is 8.94. The van der Waals surface area contributed by atoms with Crippen LogP contribution in [0.25, 0.3) is 0 Å². The fraction of sp³-hybridized carbons (Fsp3) is 0.0714. The molecule has 2 aromatic carbocycles. The van der Waals surface area contributed by atoms with Gasteiger partial charge in [0.15, 0.2) is 9.84 Å². The second kappa shape index (κ2) is 6.13. The van der Waals surface area contributed by atoms with E-state index in [9.17, 15) is 8.42 Å². The minimum absolute atomic E-state index is 0.207. The van der Waals surface area contributed by atoms with E-state index >= 15 is 0 Å². The number of sulfone groups is 1. The van der Waals surface area contributed by atoms with Gasteiger partial charge in [-0.1, -0.05) is 18.3 Å². The Morgan fingerprint density at radius 1 is 1.19 bits per heavy atom. The van der Waals surface area contributed by atoms with Gasteiger partial charge in [0.25, 0.3) is 0 Å². The van der Waals surface area contributed by atoms with Gasteiger partial charge in [-0.25, -0.2) is 8.42 Å². The summed E-state index contributed by atoms with van der Waals surface area (Å²) in [6, 6.07) is 11.5. The van der Waals surface area contributed by atoms with Gasteiger partial charge in [0.2, 0.25) is 0 Å². The van der Waals surface area contributed by atoms with Gasteiger partial charge in [0.05, 0.1) is 4.90 Å². The predicted octanol–water partition coefficient (Wildman–Crippen LogP) is 3.28. The van der Waals surface area contributed by atoms with E-state index in [4.69, 9.17) is 22.7 Å². The summed E-state index contributed by atoms with van der Waals surface area (Å²) in [6.07, 6.45) is 1.15. The van der Waals surface area contributed by atoms with Crippen LogP contribution in [0.15, 0.2) is 51.8 Å². The van der Waals surface area contributed by atoms with Gasteiger partial charge in [0.1, 0.15) is 16.5 Å². The number of benzene rings is 2. The summed E-state index contributed by atoms with van der Waals surface area (Å²) >= 11 is 8.28. The molecule has 0 aliphatic heterocycles. The third-order valence-electron chi connectivity index (χ3n) is 2.68. The summed E-state index contributed by atoms with van der Waals surface area (Å²) in [7, 11) is -3.27. The van der Waals surface area contributed by atoms with Crippen LogP contribution in [-0.2, 0) is 9.84 Å². The number of rotatable bonds is 4. The Bertz CT molecular complexity index is 804. The van der Waals surface area contributed by atoms with Gasteiger partial charge in [-0.05, 0) is 52.3 Å². The summed E-state index contributed by atoms with van der Waals surface area (Å²) in [5.74, 6) is 0.987. The minimum atomic E-state index is -3.27. The molecule has 0 bridgehead atoms. The van der Waals surface area contributed by atoms with Gasteiger partial charge < -0.3 is 10.5 Å². The van der Waals surface area contributed by atoms with Crippen molar-refractivity contribution in [3.8, 4) is 11.5 Å². The number of hydrogen-bond donors (Lipinski definition) is 1. The molecule has 0 atom stereocenters. The summed E-state index contributed by atoms with van der Waals surface area (Å²) in [4.78, 5) is 0.492. The Hall–Kier alpha value is -1.44. The second-order valence-corrected chi connectivity index (χ2v) is 7.66. The van der Waals surface area contributed by atoms with Crippen molar-refractivity contribution in [2.45, 2.75) is 4.90 Å². The van der Waals surface area contributed by atoms with Crippen LogP contribution in [0.4, 0.5) is 0 Å². The van der Waals surface area contributed by atoms with Crippen LogP contribution >= 0.6 is 28.1 Å². The predicted molar refractivity (Wildman–Crippen MR) is 89.7 cm³/mol. The molecule has 0 radical (unpaired) electrons. The van der Waals surface area contributed by atoms with Crippen molar-refractivity contribution >= 4 is 43.0 Å². The molecule has 0 fully saturated rings. The SMILES string of the molecule is CS(=O)(=O)c1cccc(Oc2ccc(C(N)=S)c(Br)c2)c1. The lowest BCUT2D eigenvalue weighted by molar-refractivity contribution is 0.480. The molecule has 2 N–H and O–H groups in total. The van der Waals surface area contributed by atoms with E-state index < -0.39 is 9.84 Å². The quantitative estimate of drug-likeness (QED) is 0.817. The maximum absolute atomic E-state index is 11.5. The molecule has 2 rings (SSSR count). The Kier molecular flexibility index (Phi) is 4.65. The third kappa shape index (κ3) is 4.03.